The van der Waals surface area contributed by atoms with Gasteiger partial charge in [0.2, 0.25) is 0 Å². The minimum atomic E-state index is -0.285. The predicted octanol–water partition coefficient (Wildman–Crippen LogP) is 3.30. The fourth-order valence-corrected chi connectivity index (χ4v) is 2.57. The number of methoxy groups -OCH3 is 1. The number of ether oxygens (including phenoxy) is 2. The summed E-state index contributed by atoms with van der Waals surface area (Å²) in [6.07, 6.45) is 1.99. The Morgan fingerprint density at radius 1 is 1.08 bits per heavy atom. The molecule has 2 aromatic carbocycles. The molecule has 1 heterocycles. The van der Waals surface area contributed by atoms with Crippen LogP contribution >= 0.6 is 0 Å². The Kier molecular flexibility index (Phi) is 5.26. The second-order valence-corrected chi connectivity index (χ2v) is 5.86. The summed E-state index contributed by atoms with van der Waals surface area (Å²) in [7, 11) is 1.54. The summed E-state index contributed by atoms with van der Waals surface area (Å²) >= 11 is 0. The van der Waals surface area contributed by atoms with Crippen molar-refractivity contribution in [2.24, 2.45) is 0 Å². The van der Waals surface area contributed by atoms with Crippen molar-refractivity contribution < 1.29 is 14.3 Å². The number of rotatable bonds is 7. The van der Waals surface area contributed by atoms with E-state index in [1.165, 1.54) is 0 Å². The molecule has 0 aliphatic heterocycles. The molecule has 0 aliphatic rings. The zero-order valence-corrected chi connectivity index (χ0v) is 14.7. The van der Waals surface area contributed by atoms with Crippen LogP contribution in [0.2, 0.25) is 0 Å². The molecular formula is C19H21N3O4. The summed E-state index contributed by atoms with van der Waals surface area (Å²) in [6.45, 7) is 2.70. The highest BCUT2D eigenvalue weighted by atomic mass is 16.5. The van der Waals surface area contributed by atoms with Gasteiger partial charge in [-0.15, -0.1) is 0 Å². The van der Waals surface area contributed by atoms with Crippen molar-refractivity contribution in [3.63, 3.8) is 0 Å². The van der Waals surface area contributed by atoms with E-state index in [0.717, 1.165) is 12.8 Å². The number of unbranched alkanes of at least 4 members (excludes halogenated alkanes) is 1. The molecule has 1 amide bonds. The molecule has 0 bridgehead atoms. The number of fused-ring (bicyclic) bond motifs is 1. The number of hydrogen-bond acceptors (Lipinski definition) is 4. The lowest BCUT2D eigenvalue weighted by atomic mass is 10.1. The monoisotopic (exact) mass is 355 g/mol. The van der Waals surface area contributed by atoms with E-state index in [-0.39, 0.29) is 11.6 Å². The predicted molar refractivity (Wildman–Crippen MR) is 100 cm³/mol. The first-order chi connectivity index (χ1) is 12.6. The third-order valence-corrected chi connectivity index (χ3v) is 3.96. The number of amides is 1. The molecule has 3 aromatic rings. The van der Waals surface area contributed by atoms with Crippen LogP contribution in [0.4, 0.5) is 5.69 Å². The van der Waals surface area contributed by atoms with Gasteiger partial charge in [-0.1, -0.05) is 13.3 Å². The largest absolute Gasteiger partial charge is 0.493 e. The molecule has 0 unspecified atom stereocenters. The van der Waals surface area contributed by atoms with Gasteiger partial charge < -0.3 is 24.8 Å². The smallest absolute Gasteiger partial charge is 0.323 e. The Balaban J connectivity index is 1.76. The molecule has 7 nitrogen and oxygen atoms in total. The van der Waals surface area contributed by atoms with Crippen LogP contribution in [0.5, 0.6) is 11.5 Å². The maximum absolute atomic E-state index is 12.5. The first-order valence-electron chi connectivity index (χ1n) is 8.45. The molecule has 1 aromatic heterocycles. The summed E-state index contributed by atoms with van der Waals surface area (Å²) in [5.74, 6) is 0.851. The molecule has 136 valence electrons. The van der Waals surface area contributed by atoms with Gasteiger partial charge in [0.25, 0.3) is 5.91 Å². The Hall–Kier alpha value is -3.22. The summed E-state index contributed by atoms with van der Waals surface area (Å²) in [5, 5.41) is 2.81. The maximum Gasteiger partial charge on any atom is 0.323 e. The van der Waals surface area contributed by atoms with Gasteiger partial charge in [-0.3, -0.25) is 4.79 Å². The highest BCUT2D eigenvalue weighted by Gasteiger charge is 2.12. The third kappa shape index (κ3) is 3.88. The summed E-state index contributed by atoms with van der Waals surface area (Å²) < 4.78 is 11.0. The van der Waals surface area contributed by atoms with E-state index in [0.29, 0.717) is 40.4 Å². The van der Waals surface area contributed by atoms with Gasteiger partial charge in [0.15, 0.2) is 11.5 Å². The molecule has 0 saturated carbocycles. The number of anilines is 1. The van der Waals surface area contributed by atoms with Crippen molar-refractivity contribution in [1.82, 2.24) is 9.97 Å². The van der Waals surface area contributed by atoms with Crippen molar-refractivity contribution in [1.29, 1.82) is 0 Å². The summed E-state index contributed by atoms with van der Waals surface area (Å²) in [5.41, 5.74) is 2.06. The quantitative estimate of drug-likeness (QED) is 0.567. The van der Waals surface area contributed by atoms with Crippen LogP contribution < -0.4 is 20.5 Å². The number of hydrogen-bond donors (Lipinski definition) is 3. The number of H-pyrrole nitrogens is 2. The van der Waals surface area contributed by atoms with Crippen molar-refractivity contribution in [3.05, 3.63) is 52.4 Å². The van der Waals surface area contributed by atoms with E-state index in [9.17, 15) is 9.59 Å². The number of benzene rings is 2. The van der Waals surface area contributed by atoms with Crippen LogP contribution in [0.25, 0.3) is 11.0 Å². The molecule has 3 rings (SSSR count). The lowest BCUT2D eigenvalue weighted by Gasteiger charge is -2.12. The van der Waals surface area contributed by atoms with Gasteiger partial charge in [0, 0.05) is 11.3 Å². The number of carbonyl (C=O) groups excluding carboxylic acids is 1. The molecule has 0 atom stereocenters. The average molecular weight is 355 g/mol. The van der Waals surface area contributed by atoms with Gasteiger partial charge in [0.05, 0.1) is 24.8 Å². The van der Waals surface area contributed by atoms with E-state index in [4.69, 9.17) is 9.47 Å². The average Bonchev–Trinajstić information content (AvgIpc) is 3.01. The molecule has 0 aliphatic carbocycles. The first kappa shape index (κ1) is 17.6. The van der Waals surface area contributed by atoms with E-state index in [2.05, 4.69) is 22.2 Å². The third-order valence-electron chi connectivity index (χ3n) is 3.96. The molecule has 26 heavy (non-hydrogen) atoms. The minimum absolute atomic E-state index is 0.277. The van der Waals surface area contributed by atoms with Gasteiger partial charge in [-0.05, 0) is 42.8 Å². The van der Waals surface area contributed by atoms with Crippen molar-refractivity contribution >= 4 is 22.6 Å². The van der Waals surface area contributed by atoms with Crippen LogP contribution in [0, 0.1) is 0 Å². The number of aromatic amines is 2. The lowest BCUT2D eigenvalue weighted by molar-refractivity contribution is 0.102. The number of imidazole rings is 1. The van der Waals surface area contributed by atoms with E-state index in [1.54, 1.807) is 43.5 Å². The van der Waals surface area contributed by atoms with Crippen LogP contribution in [0.3, 0.4) is 0 Å². The summed E-state index contributed by atoms with van der Waals surface area (Å²) in [4.78, 5) is 29.1. The zero-order chi connectivity index (χ0) is 18.5. The fraction of sp³-hybridized carbons (Fsp3) is 0.263. The highest BCUT2D eigenvalue weighted by Crippen LogP contribution is 2.28. The van der Waals surface area contributed by atoms with Gasteiger partial charge in [-0.25, -0.2) is 4.79 Å². The Morgan fingerprint density at radius 2 is 1.88 bits per heavy atom. The Morgan fingerprint density at radius 3 is 2.65 bits per heavy atom. The van der Waals surface area contributed by atoms with Crippen molar-refractivity contribution in [2.45, 2.75) is 19.8 Å². The Bertz CT molecular complexity index is 974. The van der Waals surface area contributed by atoms with E-state index < -0.39 is 0 Å². The van der Waals surface area contributed by atoms with Gasteiger partial charge >= 0.3 is 5.69 Å². The van der Waals surface area contributed by atoms with Crippen molar-refractivity contribution in [2.75, 3.05) is 19.0 Å². The Labute approximate surface area is 150 Å². The van der Waals surface area contributed by atoms with Crippen LogP contribution in [-0.2, 0) is 0 Å². The summed E-state index contributed by atoms with van der Waals surface area (Å²) in [6, 6.07) is 10.2. The highest BCUT2D eigenvalue weighted by molar-refractivity contribution is 6.05. The molecule has 0 fully saturated rings. The van der Waals surface area contributed by atoms with Crippen molar-refractivity contribution in [3.8, 4) is 11.5 Å². The first-order valence-corrected chi connectivity index (χ1v) is 8.45. The van der Waals surface area contributed by atoms with Crippen LogP contribution in [-0.4, -0.2) is 29.6 Å². The molecule has 3 N–H and O–H groups in total. The second-order valence-electron chi connectivity index (χ2n) is 5.86. The normalized spacial score (nSPS) is 10.7. The van der Waals surface area contributed by atoms with Gasteiger partial charge in [-0.2, -0.15) is 0 Å². The molecule has 0 spiro atoms. The second kappa shape index (κ2) is 7.77. The maximum atomic E-state index is 12.5. The molecular weight excluding hydrogens is 334 g/mol. The van der Waals surface area contributed by atoms with Crippen LogP contribution in [0.1, 0.15) is 30.1 Å². The van der Waals surface area contributed by atoms with E-state index in [1.807, 2.05) is 0 Å². The number of carbonyl (C=O) groups is 1. The fourth-order valence-electron chi connectivity index (χ4n) is 2.57. The number of aromatic nitrogens is 2. The SMILES string of the molecule is CCCCOc1ccc(C(=O)Nc2ccc3[nH]c(=O)[nH]c3c2)cc1OC. The minimum Gasteiger partial charge on any atom is -0.493 e. The van der Waals surface area contributed by atoms with E-state index >= 15 is 0 Å². The number of nitrogens with one attached hydrogen (secondary N) is 3. The molecule has 0 saturated heterocycles. The van der Waals surface area contributed by atoms with Gasteiger partial charge in [0.1, 0.15) is 0 Å². The zero-order valence-electron chi connectivity index (χ0n) is 14.7. The lowest BCUT2D eigenvalue weighted by Crippen LogP contribution is -2.12. The molecule has 7 heteroatoms. The standard InChI is InChI=1S/C19H21N3O4/c1-3-4-9-26-16-8-5-12(10-17(16)25-2)18(23)20-13-6-7-14-15(11-13)22-19(24)21-14/h5-8,10-11H,3-4,9H2,1-2H3,(H,20,23)(H2,21,22,24). The van der Waals surface area contributed by atoms with Crippen LogP contribution in [0.15, 0.2) is 41.2 Å². The molecule has 0 radical (unpaired) electrons. The topological polar surface area (TPSA) is 96.2 Å².